The van der Waals surface area contributed by atoms with Crippen LogP contribution in [-0.2, 0) is 42.9 Å². The second-order valence-corrected chi connectivity index (χ2v) is 11.4. The number of hydrogen-bond acceptors (Lipinski definition) is 11. The molecule has 0 bridgehead atoms. The minimum absolute atomic E-state index is 0.524. The summed E-state index contributed by atoms with van der Waals surface area (Å²) in [6.07, 6.45) is 0. The van der Waals surface area contributed by atoms with Crippen molar-refractivity contribution in [2.24, 2.45) is 0 Å². The molecule has 34 heavy (non-hydrogen) atoms. The van der Waals surface area contributed by atoms with Crippen LogP contribution in [0.25, 0.3) is 0 Å². The van der Waals surface area contributed by atoms with E-state index < -0.39 is 37.5 Å². The van der Waals surface area contributed by atoms with Gasteiger partial charge in [-0.25, -0.2) is 19.2 Å². The van der Waals surface area contributed by atoms with E-state index in [1.54, 1.807) is 24.3 Å². The van der Waals surface area contributed by atoms with Crippen LogP contribution < -0.4 is 0 Å². The van der Waals surface area contributed by atoms with Crippen LogP contribution in [0.5, 0.6) is 0 Å². The van der Waals surface area contributed by atoms with Crippen molar-refractivity contribution in [2.45, 2.75) is 23.4 Å². The Balaban J connectivity index is 2.22. The number of benzene rings is 2. The summed E-state index contributed by atoms with van der Waals surface area (Å²) in [6, 6.07) is 14.4. The zero-order chi connectivity index (χ0) is 24.7. The molecule has 4 rings (SSSR count). The third-order valence-electron chi connectivity index (χ3n) is 5.70. The first kappa shape index (κ1) is 24.5. The Labute approximate surface area is 208 Å². The zero-order valence-corrected chi connectivity index (χ0v) is 21.1. The van der Waals surface area contributed by atoms with Crippen LogP contribution in [0, 0.1) is 0 Å². The Morgan fingerprint density at radius 1 is 0.618 bits per heavy atom. The zero-order valence-electron chi connectivity index (χ0n) is 18.6. The summed E-state index contributed by atoms with van der Waals surface area (Å²) < 4.78 is 14.4. The van der Waals surface area contributed by atoms with Crippen LogP contribution >= 0.6 is 35.3 Å². The highest BCUT2D eigenvalue weighted by Crippen LogP contribution is 2.74. The quantitative estimate of drug-likeness (QED) is 0.337. The normalized spacial score (nSPS) is 18.2. The fourth-order valence-electron chi connectivity index (χ4n) is 4.30. The molecule has 0 aliphatic carbocycles. The third-order valence-corrected chi connectivity index (χ3v) is 10.7. The summed E-state index contributed by atoms with van der Waals surface area (Å²) >= 11 is 2.80. The van der Waals surface area contributed by atoms with E-state index in [0.29, 0.717) is 22.9 Å². The Hall–Kier alpha value is -2.63. The van der Waals surface area contributed by atoms with Gasteiger partial charge in [0.15, 0.2) is 0 Å². The van der Waals surface area contributed by atoms with Gasteiger partial charge in [-0.1, -0.05) is 59.9 Å². The molecule has 1 spiro atoms. The van der Waals surface area contributed by atoms with Crippen LogP contribution in [0.15, 0.2) is 58.3 Å². The molecule has 1 saturated heterocycles. The number of carbonyl (C=O) groups is 4. The van der Waals surface area contributed by atoms with E-state index in [4.69, 9.17) is 18.9 Å². The van der Waals surface area contributed by atoms with Crippen molar-refractivity contribution in [1.82, 2.24) is 0 Å². The first-order chi connectivity index (χ1) is 16.3. The van der Waals surface area contributed by atoms with Crippen LogP contribution in [0.3, 0.4) is 0 Å². The van der Waals surface area contributed by atoms with E-state index in [2.05, 4.69) is 0 Å². The molecule has 2 heterocycles. The fourth-order valence-corrected chi connectivity index (χ4v) is 9.90. The SMILES string of the molecule is COC(=O)C1(C(=O)OC)SC(C(=O)OC)(C(=O)OC)C2(S1)c1ccccc1Sc1ccccc12. The van der Waals surface area contributed by atoms with Crippen molar-refractivity contribution in [1.29, 1.82) is 0 Å². The predicted molar refractivity (Wildman–Crippen MR) is 126 cm³/mol. The minimum atomic E-state index is -2.20. The monoisotopic (exact) mass is 520 g/mol. The smallest absolute Gasteiger partial charge is 0.344 e. The molecule has 8 nitrogen and oxygen atoms in total. The van der Waals surface area contributed by atoms with E-state index in [1.807, 2.05) is 24.3 Å². The molecular formula is C23H20O8S3. The van der Waals surface area contributed by atoms with Gasteiger partial charge in [0.25, 0.3) is 4.08 Å². The molecule has 0 aromatic heterocycles. The number of methoxy groups -OCH3 is 4. The molecule has 2 aliphatic rings. The van der Waals surface area contributed by atoms with Crippen molar-refractivity contribution in [3.05, 3.63) is 59.7 Å². The molecule has 2 aliphatic heterocycles. The number of thioether (sulfide) groups is 2. The van der Waals surface area contributed by atoms with Gasteiger partial charge >= 0.3 is 23.9 Å². The molecule has 0 radical (unpaired) electrons. The summed E-state index contributed by atoms with van der Waals surface area (Å²) in [5, 5.41) is 0. The van der Waals surface area contributed by atoms with Gasteiger partial charge in [0.2, 0.25) is 4.75 Å². The van der Waals surface area contributed by atoms with E-state index in [-0.39, 0.29) is 0 Å². The lowest BCUT2D eigenvalue weighted by atomic mass is 9.78. The lowest BCUT2D eigenvalue weighted by Gasteiger charge is -2.44. The lowest BCUT2D eigenvalue weighted by molar-refractivity contribution is -0.157. The van der Waals surface area contributed by atoms with Gasteiger partial charge in [0, 0.05) is 9.79 Å². The van der Waals surface area contributed by atoms with Crippen molar-refractivity contribution in [3.63, 3.8) is 0 Å². The van der Waals surface area contributed by atoms with Crippen molar-refractivity contribution in [2.75, 3.05) is 28.4 Å². The summed E-state index contributed by atoms with van der Waals surface area (Å²) in [5.74, 6) is -3.89. The summed E-state index contributed by atoms with van der Waals surface area (Å²) in [4.78, 5) is 55.3. The van der Waals surface area contributed by atoms with E-state index in [1.165, 1.54) is 11.8 Å². The minimum Gasteiger partial charge on any atom is -0.467 e. The van der Waals surface area contributed by atoms with Gasteiger partial charge in [0.05, 0.1) is 28.4 Å². The van der Waals surface area contributed by atoms with Crippen LogP contribution in [0.1, 0.15) is 11.1 Å². The average Bonchev–Trinajstić information content (AvgIpc) is 3.21. The maximum atomic E-state index is 13.7. The summed E-state index contributed by atoms with van der Waals surface area (Å²) in [7, 11) is 4.51. The first-order valence-corrected chi connectivity index (χ1v) is 12.3. The second kappa shape index (κ2) is 8.86. The van der Waals surface area contributed by atoms with E-state index >= 15 is 0 Å². The maximum Gasteiger partial charge on any atom is 0.344 e. The number of rotatable bonds is 4. The van der Waals surface area contributed by atoms with Gasteiger partial charge in [-0.2, -0.15) is 0 Å². The first-order valence-electron chi connectivity index (χ1n) is 9.90. The van der Waals surface area contributed by atoms with Gasteiger partial charge in [0.1, 0.15) is 4.75 Å². The molecule has 178 valence electrons. The summed E-state index contributed by atoms with van der Waals surface area (Å²) in [5.41, 5.74) is 1.11. The van der Waals surface area contributed by atoms with Crippen LogP contribution in [0.2, 0.25) is 0 Å². The molecule has 0 atom stereocenters. The molecular weight excluding hydrogens is 500 g/mol. The Morgan fingerprint density at radius 2 is 1.03 bits per heavy atom. The highest BCUT2D eigenvalue weighted by atomic mass is 32.2. The van der Waals surface area contributed by atoms with Gasteiger partial charge in [-0.3, -0.25) is 0 Å². The molecule has 11 heteroatoms. The van der Waals surface area contributed by atoms with E-state index in [9.17, 15) is 19.2 Å². The third kappa shape index (κ3) is 3.03. The highest BCUT2D eigenvalue weighted by molar-refractivity contribution is 8.25. The van der Waals surface area contributed by atoms with Crippen LogP contribution in [-0.4, -0.2) is 61.1 Å². The molecule has 2 aromatic rings. The predicted octanol–water partition coefficient (Wildman–Crippen LogP) is 3.00. The average molecular weight is 521 g/mol. The standard InChI is InChI=1S/C23H20O8S3/c1-28-17(24)22(18(25)29-2)21(33-23(34-22,19(26)30-3)20(27)31-4)13-9-5-7-11-15(13)32-16-12-8-6-10-14(16)21/h5-12H,1-4H3. The molecule has 1 fully saturated rings. The maximum absolute atomic E-state index is 13.7. The Morgan fingerprint density at radius 3 is 1.44 bits per heavy atom. The number of ether oxygens (including phenoxy) is 4. The number of carbonyl (C=O) groups excluding carboxylic acids is 4. The number of hydrogen-bond donors (Lipinski definition) is 0. The second-order valence-electron chi connectivity index (χ2n) is 7.24. The molecule has 0 N–H and O–H groups in total. The largest absolute Gasteiger partial charge is 0.467 e. The fraction of sp³-hybridized carbons (Fsp3) is 0.304. The van der Waals surface area contributed by atoms with Crippen molar-refractivity contribution in [3.8, 4) is 0 Å². The van der Waals surface area contributed by atoms with Crippen molar-refractivity contribution >= 4 is 59.2 Å². The highest BCUT2D eigenvalue weighted by Gasteiger charge is 2.81. The van der Waals surface area contributed by atoms with E-state index in [0.717, 1.165) is 50.0 Å². The van der Waals surface area contributed by atoms with Gasteiger partial charge < -0.3 is 18.9 Å². The Bertz CT molecular complexity index is 1120. The molecule has 0 unspecified atom stereocenters. The van der Waals surface area contributed by atoms with Crippen molar-refractivity contribution < 1.29 is 38.1 Å². The topological polar surface area (TPSA) is 105 Å². The number of fused-ring (bicyclic) bond motifs is 4. The lowest BCUT2D eigenvalue weighted by Crippen LogP contribution is -2.58. The Kier molecular flexibility index (Phi) is 6.38. The molecule has 2 aromatic carbocycles. The summed E-state index contributed by atoms with van der Waals surface area (Å²) in [6.45, 7) is 0. The number of esters is 4. The molecule has 0 saturated carbocycles. The van der Waals surface area contributed by atoms with Gasteiger partial charge in [-0.15, -0.1) is 11.8 Å². The molecule has 0 amide bonds. The van der Waals surface area contributed by atoms with Gasteiger partial charge in [-0.05, 0) is 23.3 Å². The van der Waals surface area contributed by atoms with Crippen LogP contribution in [0.4, 0.5) is 0 Å².